The van der Waals surface area contributed by atoms with E-state index in [1.807, 2.05) is 36.4 Å². The van der Waals surface area contributed by atoms with Crippen LogP contribution in [0.4, 0.5) is 11.4 Å². The van der Waals surface area contributed by atoms with E-state index in [0.29, 0.717) is 16.8 Å². The van der Waals surface area contributed by atoms with Gasteiger partial charge in [-0.2, -0.15) is 5.26 Å². The molecule has 3 rings (SSSR count). The summed E-state index contributed by atoms with van der Waals surface area (Å²) in [5.74, 6) is -0.302. The largest absolute Gasteiger partial charge is 0.494 e. The number of nitro groups is 1. The Morgan fingerprint density at radius 2 is 1.93 bits per heavy atom. The van der Waals surface area contributed by atoms with Gasteiger partial charge in [0.25, 0.3) is 11.2 Å². The Morgan fingerprint density at radius 1 is 1.23 bits per heavy atom. The van der Waals surface area contributed by atoms with Gasteiger partial charge < -0.3 is 5.11 Å². The summed E-state index contributed by atoms with van der Waals surface area (Å²) in [5.41, 5.74) is 1.68. The lowest BCUT2D eigenvalue weighted by atomic mass is 10.1. The van der Waals surface area contributed by atoms with Crippen LogP contribution in [0.15, 0.2) is 58.3 Å². The summed E-state index contributed by atoms with van der Waals surface area (Å²) in [6, 6.07) is 15.2. The molecule has 0 aliphatic heterocycles. The predicted octanol–water partition coefficient (Wildman–Crippen LogP) is 3.75. The van der Waals surface area contributed by atoms with Gasteiger partial charge in [0.2, 0.25) is 5.88 Å². The van der Waals surface area contributed by atoms with E-state index < -0.39 is 10.5 Å². The summed E-state index contributed by atoms with van der Waals surface area (Å²) in [5, 5.41) is 31.1. The fourth-order valence-corrected chi connectivity index (χ4v) is 3.07. The number of benzene rings is 2. The van der Waals surface area contributed by atoms with E-state index >= 15 is 0 Å². The molecule has 0 atom stereocenters. The van der Waals surface area contributed by atoms with Crippen molar-refractivity contribution in [3.63, 3.8) is 0 Å². The number of aliphatic imine (C=N–C) groups is 1. The summed E-state index contributed by atoms with van der Waals surface area (Å²) in [6.07, 6.45) is 1.36. The second kappa shape index (κ2) is 8.41. The third-order valence-electron chi connectivity index (χ3n) is 4.75. The molecule has 0 spiro atoms. The van der Waals surface area contributed by atoms with E-state index in [1.54, 1.807) is 13.8 Å². The highest BCUT2D eigenvalue weighted by Gasteiger charge is 2.18. The molecule has 0 aliphatic rings. The van der Waals surface area contributed by atoms with E-state index in [-0.39, 0.29) is 29.2 Å². The monoisotopic (exact) mass is 402 g/mol. The first-order valence-corrected chi connectivity index (χ1v) is 9.03. The fourth-order valence-electron chi connectivity index (χ4n) is 3.07. The maximum atomic E-state index is 12.7. The van der Waals surface area contributed by atoms with Gasteiger partial charge in [0.15, 0.2) is 0 Å². The average molecular weight is 402 g/mol. The number of hydrogen-bond donors (Lipinski definition) is 1. The molecule has 0 aliphatic carbocycles. The molecule has 3 aromatic rings. The Hall–Kier alpha value is -4.25. The molecule has 0 fully saturated rings. The van der Waals surface area contributed by atoms with Gasteiger partial charge in [0, 0.05) is 18.3 Å². The normalized spacial score (nSPS) is 10.8. The van der Waals surface area contributed by atoms with Gasteiger partial charge in [-0.3, -0.25) is 24.5 Å². The second-order valence-electron chi connectivity index (χ2n) is 6.71. The van der Waals surface area contributed by atoms with Crippen LogP contribution in [0, 0.1) is 35.3 Å². The van der Waals surface area contributed by atoms with Crippen molar-refractivity contribution in [3.05, 3.63) is 96.8 Å². The highest BCUT2D eigenvalue weighted by molar-refractivity contribution is 5.87. The molecule has 0 bridgehead atoms. The van der Waals surface area contributed by atoms with Gasteiger partial charge in [-0.25, -0.2) is 0 Å². The molecule has 150 valence electrons. The van der Waals surface area contributed by atoms with Crippen LogP contribution >= 0.6 is 0 Å². The van der Waals surface area contributed by atoms with Crippen molar-refractivity contribution < 1.29 is 10.0 Å². The molecule has 1 aromatic heterocycles. The average Bonchev–Trinajstić information content (AvgIpc) is 2.73. The number of non-ortho nitro benzene ring substituents is 1. The number of nitro benzene ring substituents is 1. The zero-order valence-corrected chi connectivity index (χ0v) is 16.4. The van der Waals surface area contributed by atoms with Gasteiger partial charge in [-0.15, -0.1) is 0 Å². The third kappa shape index (κ3) is 3.95. The number of aromatic nitrogens is 1. The van der Waals surface area contributed by atoms with Crippen molar-refractivity contribution >= 4 is 17.6 Å². The lowest BCUT2D eigenvalue weighted by Crippen LogP contribution is -2.25. The number of aryl methyl sites for hydroxylation is 1. The van der Waals surface area contributed by atoms with Crippen molar-refractivity contribution in [2.75, 3.05) is 0 Å². The number of hydrogen-bond acceptors (Lipinski definition) is 6. The lowest BCUT2D eigenvalue weighted by Gasteiger charge is -2.14. The molecule has 30 heavy (non-hydrogen) atoms. The van der Waals surface area contributed by atoms with Gasteiger partial charge >= 0.3 is 0 Å². The molecule has 1 N–H and O–H groups in total. The first-order chi connectivity index (χ1) is 14.3. The molecule has 8 nitrogen and oxygen atoms in total. The Labute approximate surface area is 172 Å². The van der Waals surface area contributed by atoms with E-state index in [1.165, 1.54) is 24.4 Å². The van der Waals surface area contributed by atoms with E-state index in [9.17, 15) is 25.3 Å². The van der Waals surface area contributed by atoms with Crippen LogP contribution in [0.1, 0.15) is 27.8 Å². The predicted molar refractivity (Wildman–Crippen MR) is 112 cm³/mol. The van der Waals surface area contributed by atoms with Crippen LogP contribution in [-0.4, -0.2) is 20.8 Å². The highest BCUT2D eigenvalue weighted by atomic mass is 16.6. The van der Waals surface area contributed by atoms with Crippen molar-refractivity contribution in [2.45, 2.75) is 20.4 Å². The molecule has 1 heterocycles. The van der Waals surface area contributed by atoms with Gasteiger partial charge in [0.1, 0.15) is 11.6 Å². The number of aromatic hydroxyl groups is 1. The van der Waals surface area contributed by atoms with Gasteiger partial charge in [0.05, 0.1) is 22.7 Å². The number of nitriles is 1. The Bertz CT molecular complexity index is 1250. The molecular weight excluding hydrogens is 384 g/mol. The van der Waals surface area contributed by atoms with Crippen LogP contribution in [-0.2, 0) is 6.54 Å². The lowest BCUT2D eigenvalue weighted by molar-refractivity contribution is -0.384. The zero-order valence-electron chi connectivity index (χ0n) is 16.4. The molecule has 8 heteroatoms. The minimum atomic E-state index is -0.583. The SMILES string of the molecule is Cc1cc([N+](=O)[O-])ccc1N=Cc1c(C)c(C#N)c(=O)n(Cc2ccccc2)c1O. The fraction of sp³-hybridized carbons (Fsp3) is 0.136. The second-order valence-corrected chi connectivity index (χ2v) is 6.71. The Balaban J connectivity index is 2.10. The maximum Gasteiger partial charge on any atom is 0.271 e. The van der Waals surface area contributed by atoms with Crippen LogP contribution in [0.25, 0.3) is 0 Å². The molecule has 0 saturated heterocycles. The molecular formula is C22H18N4O4. The topological polar surface area (TPSA) is 122 Å². The summed E-state index contributed by atoms with van der Waals surface area (Å²) in [6.45, 7) is 3.35. The zero-order chi connectivity index (χ0) is 21.8. The number of nitrogens with zero attached hydrogens (tertiary/aromatic N) is 4. The van der Waals surface area contributed by atoms with Crippen LogP contribution in [0.3, 0.4) is 0 Å². The molecule has 0 radical (unpaired) electrons. The standard InChI is InChI=1S/C22H18N4O4/c1-14-10-17(26(29)30)8-9-20(14)24-12-19-15(2)18(11-23)21(27)25(22(19)28)13-16-6-4-3-5-7-16/h3-10,12,28H,13H2,1-2H3. The molecule has 0 unspecified atom stereocenters. The third-order valence-corrected chi connectivity index (χ3v) is 4.75. The summed E-state index contributed by atoms with van der Waals surface area (Å²) in [4.78, 5) is 27.4. The van der Waals surface area contributed by atoms with Gasteiger partial charge in [-0.05, 0) is 36.6 Å². The van der Waals surface area contributed by atoms with E-state index in [0.717, 1.165) is 10.1 Å². The van der Waals surface area contributed by atoms with Crippen molar-refractivity contribution in [3.8, 4) is 11.9 Å². The van der Waals surface area contributed by atoms with Gasteiger partial charge in [-0.1, -0.05) is 30.3 Å². The Kier molecular flexibility index (Phi) is 5.74. The molecule has 2 aromatic carbocycles. The number of pyridine rings is 1. The highest BCUT2D eigenvalue weighted by Crippen LogP contribution is 2.26. The molecule has 0 saturated carbocycles. The van der Waals surface area contributed by atoms with Crippen LogP contribution < -0.4 is 5.56 Å². The van der Waals surface area contributed by atoms with Crippen molar-refractivity contribution in [1.29, 1.82) is 5.26 Å². The van der Waals surface area contributed by atoms with E-state index in [4.69, 9.17) is 0 Å². The quantitative estimate of drug-likeness (QED) is 0.396. The first-order valence-electron chi connectivity index (χ1n) is 9.03. The minimum Gasteiger partial charge on any atom is -0.494 e. The van der Waals surface area contributed by atoms with Crippen molar-refractivity contribution in [1.82, 2.24) is 4.57 Å². The minimum absolute atomic E-state index is 0.0475. The number of rotatable bonds is 5. The van der Waals surface area contributed by atoms with Crippen molar-refractivity contribution in [2.24, 2.45) is 4.99 Å². The summed E-state index contributed by atoms with van der Waals surface area (Å²) >= 11 is 0. The van der Waals surface area contributed by atoms with E-state index in [2.05, 4.69) is 4.99 Å². The summed E-state index contributed by atoms with van der Waals surface area (Å²) < 4.78 is 1.13. The Morgan fingerprint density at radius 3 is 2.53 bits per heavy atom. The summed E-state index contributed by atoms with van der Waals surface area (Å²) in [7, 11) is 0. The molecule has 0 amide bonds. The smallest absolute Gasteiger partial charge is 0.271 e. The first kappa shape index (κ1) is 20.5. The maximum absolute atomic E-state index is 12.7. The van der Waals surface area contributed by atoms with Crippen LogP contribution in [0.5, 0.6) is 5.88 Å². The van der Waals surface area contributed by atoms with Crippen LogP contribution in [0.2, 0.25) is 0 Å².